The summed E-state index contributed by atoms with van der Waals surface area (Å²) in [6, 6.07) is 0. The molecule has 17 heavy (non-hydrogen) atoms. The average Bonchev–Trinajstić information content (AvgIpc) is 2.77. The molecular formula is C11H18Cl2N4. The SMILES string of the molecule is Cl.Cl.c1nc(N2CCNCC2)nc2c1CCC2. The Morgan fingerprint density at radius 2 is 1.88 bits per heavy atom. The Bertz CT molecular complexity index is 366. The minimum Gasteiger partial charge on any atom is -0.338 e. The van der Waals surface area contributed by atoms with Gasteiger partial charge in [0.25, 0.3) is 0 Å². The van der Waals surface area contributed by atoms with Gasteiger partial charge in [-0.05, 0) is 24.8 Å². The molecule has 1 aliphatic heterocycles. The molecule has 96 valence electrons. The fourth-order valence-electron chi connectivity index (χ4n) is 2.32. The van der Waals surface area contributed by atoms with Gasteiger partial charge < -0.3 is 10.2 Å². The van der Waals surface area contributed by atoms with E-state index in [1.807, 2.05) is 6.20 Å². The highest BCUT2D eigenvalue weighted by molar-refractivity contribution is 5.85. The Morgan fingerprint density at radius 3 is 2.65 bits per heavy atom. The molecule has 0 spiro atoms. The molecule has 4 nitrogen and oxygen atoms in total. The van der Waals surface area contributed by atoms with Gasteiger partial charge in [0, 0.05) is 38.1 Å². The Morgan fingerprint density at radius 1 is 1.12 bits per heavy atom. The number of fused-ring (bicyclic) bond motifs is 1. The van der Waals surface area contributed by atoms with E-state index in [0.29, 0.717) is 0 Å². The van der Waals surface area contributed by atoms with Crippen LogP contribution >= 0.6 is 24.8 Å². The molecule has 1 saturated heterocycles. The van der Waals surface area contributed by atoms with Crippen molar-refractivity contribution in [3.63, 3.8) is 0 Å². The van der Waals surface area contributed by atoms with E-state index < -0.39 is 0 Å². The summed E-state index contributed by atoms with van der Waals surface area (Å²) in [5.41, 5.74) is 2.63. The summed E-state index contributed by atoms with van der Waals surface area (Å²) in [7, 11) is 0. The summed E-state index contributed by atoms with van der Waals surface area (Å²) in [6.07, 6.45) is 5.57. The predicted octanol–water partition coefficient (Wildman–Crippen LogP) is 1.22. The second-order valence-corrected chi connectivity index (χ2v) is 4.23. The van der Waals surface area contributed by atoms with Gasteiger partial charge in [0.15, 0.2) is 0 Å². The molecule has 6 heteroatoms. The Kier molecular flexibility index (Phi) is 5.43. The molecule has 2 heterocycles. The largest absolute Gasteiger partial charge is 0.338 e. The molecule has 1 fully saturated rings. The highest BCUT2D eigenvalue weighted by Crippen LogP contribution is 2.21. The molecule has 3 rings (SSSR count). The maximum absolute atomic E-state index is 4.66. The lowest BCUT2D eigenvalue weighted by molar-refractivity contribution is 0.579. The van der Waals surface area contributed by atoms with Gasteiger partial charge in [0.1, 0.15) is 0 Å². The lowest BCUT2D eigenvalue weighted by Crippen LogP contribution is -2.44. The van der Waals surface area contributed by atoms with Crippen LogP contribution in [-0.4, -0.2) is 36.1 Å². The number of piperazine rings is 1. The third kappa shape index (κ3) is 3.00. The molecule has 0 atom stereocenters. The molecule has 0 bridgehead atoms. The summed E-state index contributed by atoms with van der Waals surface area (Å²) >= 11 is 0. The zero-order chi connectivity index (χ0) is 10.1. The highest BCUT2D eigenvalue weighted by Gasteiger charge is 2.17. The number of hydrogen-bond donors (Lipinski definition) is 1. The van der Waals surface area contributed by atoms with Crippen LogP contribution in [0.1, 0.15) is 17.7 Å². The topological polar surface area (TPSA) is 41.1 Å². The molecule has 0 aromatic carbocycles. The van der Waals surface area contributed by atoms with Crippen LogP contribution in [-0.2, 0) is 12.8 Å². The number of nitrogens with zero attached hydrogens (tertiary/aromatic N) is 3. The molecule has 1 aromatic heterocycles. The minimum absolute atomic E-state index is 0. The smallest absolute Gasteiger partial charge is 0.225 e. The third-order valence-electron chi connectivity index (χ3n) is 3.20. The monoisotopic (exact) mass is 276 g/mol. The van der Waals surface area contributed by atoms with Crippen molar-refractivity contribution in [1.29, 1.82) is 0 Å². The molecular weight excluding hydrogens is 259 g/mol. The van der Waals surface area contributed by atoms with Crippen LogP contribution in [0.2, 0.25) is 0 Å². The van der Waals surface area contributed by atoms with Crippen LogP contribution in [0.4, 0.5) is 5.95 Å². The van der Waals surface area contributed by atoms with Crippen molar-refractivity contribution < 1.29 is 0 Å². The van der Waals surface area contributed by atoms with Crippen molar-refractivity contribution in [2.75, 3.05) is 31.1 Å². The van der Waals surface area contributed by atoms with E-state index in [1.165, 1.54) is 17.7 Å². The zero-order valence-corrected chi connectivity index (χ0v) is 11.3. The number of nitrogens with one attached hydrogen (secondary N) is 1. The van der Waals surface area contributed by atoms with Crippen molar-refractivity contribution in [2.45, 2.75) is 19.3 Å². The van der Waals surface area contributed by atoms with Gasteiger partial charge in [0.05, 0.1) is 0 Å². The van der Waals surface area contributed by atoms with E-state index in [0.717, 1.165) is 45.0 Å². The summed E-state index contributed by atoms with van der Waals surface area (Å²) < 4.78 is 0. The first kappa shape index (κ1) is 14.5. The zero-order valence-electron chi connectivity index (χ0n) is 9.69. The third-order valence-corrected chi connectivity index (χ3v) is 3.20. The summed E-state index contributed by atoms with van der Waals surface area (Å²) in [6.45, 7) is 4.14. The van der Waals surface area contributed by atoms with Crippen molar-refractivity contribution in [3.8, 4) is 0 Å². The standard InChI is InChI=1S/C11H16N4.2ClH/c1-2-9-8-13-11(14-10(9)3-1)15-6-4-12-5-7-15;;/h8,12H,1-7H2;2*1H. The quantitative estimate of drug-likeness (QED) is 0.838. The normalized spacial score (nSPS) is 18.0. The first-order valence-corrected chi connectivity index (χ1v) is 5.74. The van der Waals surface area contributed by atoms with Crippen LogP contribution in [0.25, 0.3) is 0 Å². The van der Waals surface area contributed by atoms with Gasteiger partial charge in [-0.15, -0.1) is 24.8 Å². The van der Waals surface area contributed by atoms with Crippen molar-refractivity contribution in [1.82, 2.24) is 15.3 Å². The van der Waals surface area contributed by atoms with E-state index in [2.05, 4.69) is 20.2 Å². The Labute approximate surface area is 114 Å². The van der Waals surface area contributed by atoms with Gasteiger partial charge in [-0.3, -0.25) is 0 Å². The van der Waals surface area contributed by atoms with Crippen molar-refractivity contribution in [3.05, 3.63) is 17.5 Å². The molecule has 1 N–H and O–H groups in total. The van der Waals surface area contributed by atoms with E-state index in [-0.39, 0.29) is 24.8 Å². The van der Waals surface area contributed by atoms with Gasteiger partial charge in [0.2, 0.25) is 5.95 Å². The van der Waals surface area contributed by atoms with Gasteiger partial charge >= 0.3 is 0 Å². The van der Waals surface area contributed by atoms with E-state index in [4.69, 9.17) is 0 Å². The summed E-state index contributed by atoms with van der Waals surface area (Å²) in [5.74, 6) is 0.928. The second-order valence-electron chi connectivity index (χ2n) is 4.23. The van der Waals surface area contributed by atoms with Crippen LogP contribution in [0.3, 0.4) is 0 Å². The number of halogens is 2. The fraction of sp³-hybridized carbons (Fsp3) is 0.636. The molecule has 2 aliphatic rings. The molecule has 0 saturated carbocycles. The summed E-state index contributed by atoms with van der Waals surface area (Å²) in [4.78, 5) is 11.4. The van der Waals surface area contributed by atoms with Crippen LogP contribution in [0.15, 0.2) is 6.20 Å². The van der Waals surface area contributed by atoms with E-state index in [1.54, 1.807) is 0 Å². The van der Waals surface area contributed by atoms with Crippen molar-refractivity contribution in [2.24, 2.45) is 0 Å². The number of rotatable bonds is 1. The number of hydrogen-bond acceptors (Lipinski definition) is 4. The minimum atomic E-state index is 0. The van der Waals surface area contributed by atoms with Crippen molar-refractivity contribution >= 4 is 30.8 Å². The summed E-state index contributed by atoms with van der Waals surface area (Å²) in [5, 5.41) is 3.34. The first-order valence-electron chi connectivity index (χ1n) is 5.74. The Hall–Kier alpha value is -0.580. The molecule has 1 aliphatic carbocycles. The predicted molar refractivity (Wildman–Crippen MR) is 73.6 cm³/mol. The van der Waals surface area contributed by atoms with Crippen LogP contribution in [0.5, 0.6) is 0 Å². The average molecular weight is 277 g/mol. The van der Waals surface area contributed by atoms with Gasteiger partial charge in [-0.25, -0.2) is 9.97 Å². The van der Waals surface area contributed by atoms with Gasteiger partial charge in [-0.1, -0.05) is 0 Å². The van der Waals surface area contributed by atoms with Crippen LogP contribution < -0.4 is 10.2 Å². The maximum atomic E-state index is 4.66. The number of aromatic nitrogens is 2. The lowest BCUT2D eigenvalue weighted by Gasteiger charge is -2.27. The number of aryl methyl sites for hydroxylation is 2. The van der Waals surface area contributed by atoms with E-state index in [9.17, 15) is 0 Å². The van der Waals surface area contributed by atoms with E-state index >= 15 is 0 Å². The lowest BCUT2D eigenvalue weighted by atomic mass is 10.3. The molecule has 1 aromatic rings. The fourth-order valence-corrected chi connectivity index (χ4v) is 2.32. The van der Waals surface area contributed by atoms with Gasteiger partial charge in [-0.2, -0.15) is 0 Å². The molecule has 0 unspecified atom stereocenters. The van der Waals surface area contributed by atoms with Crippen LogP contribution in [0, 0.1) is 0 Å². The second kappa shape index (κ2) is 6.38. The first-order chi connectivity index (χ1) is 7.43. The maximum Gasteiger partial charge on any atom is 0.225 e. The molecule has 0 radical (unpaired) electrons. The number of anilines is 1. The molecule has 0 amide bonds. The Balaban J connectivity index is 0.000000722. The highest BCUT2D eigenvalue weighted by atomic mass is 35.5.